The van der Waals surface area contributed by atoms with Crippen molar-refractivity contribution in [1.29, 1.82) is 0 Å². The molecule has 4 nitrogen and oxygen atoms in total. The Hall–Kier alpha value is -5.87. The molecule has 9 rings (SSSR count). The van der Waals surface area contributed by atoms with E-state index >= 15 is 0 Å². The van der Waals surface area contributed by atoms with Crippen LogP contribution in [0.25, 0.3) is 16.7 Å². The maximum Gasteiger partial charge on any atom is 2.00 e. The Morgan fingerprint density at radius 3 is 1.49 bits per heavy atom. The molecule has 4 aromatic carbocycles. The summed E-state index contributed by atoms with van der Waals surface area (Å²) in [5, 5.41) is 1.99. The fourth-order valence-electron chi connectivity index (χ4n) is 6.95. The number of aliphatic imine (C=N–C) groups is 1. The molecule has 1 N–H and O–H groups in total. The summed E-state index contributed by atoms with van der Waals surface area (Å²) in [4.78, 5) is 19.9. The molecule has 0 amide bonds. The van der Waals surface area contributed by atoms with Crippen molar-refractivity contribution in [3.8, 4) is 0 Å². The van der Waals surface area contributed by atoms with E-state index in [9.17, 15) is 0 Å². The van der Waals surface area contributed by atoms with Gasteiger partial charge in [0.2, 0.25) is 0 Å². The average molecular weight is 670 g/mol. The second-order valence-electron chi connectivity index (χ2n) is 12.1. The predicted molar refractivity (Wildman–Crippen MR) is 193 cm³/mol. The number of hydrogen-bond acceptors (Lipinski definition) is 1. The number of benzene rings is 4. The normalized spacial score (nSPS) is 15.3. The van der Waals surface area contributed by atoms with Gasteiger partial charge in [0.25, 0.3) is 0 Å². The fourth-order valence-corrected chi connectivity index (χ4v) is 6.95. The molecule has 233 valence electrons. The van der Waals surface area contributed by atoms with Crippen molar-refractivity contribution in [3.63, 3.8) is 0 Å². The Labute approximate surface area is 295 Å². The van der Waals surface area contributed by atoms with Gasteiger partial charge in [-0.1, -0.05) is 146 Å². The number of nitrogens with zero attached hydrogens (tertiary/aromatic N) is 3. The van der Waals surface area contributed by atoms with Gasteiger partial charge in [0.05, 0.1) is 11.4 Å². The van der Waals surface area contributed by atoms with Crippen LogP contribution < -0.4 is 20.7 Å². The Morgan fingerprint density at radius 2 is 0.918 bits per heavy atom. The molecule has 8 bridgehead atoms. The van der Waals surface area contributed by atoms with Crippen LogP contribution in [0, 0.1) is 0 Å². The first-order valence-corrected chi connectivity index (χ1v) is 16.2. The summed E-state index contributed by atoms with van der Waals surface area (Å²) in [5.74, 6) is -0.143. The summed E-state index contributed by atoms with van der Waals surface area (Å²) in [6.45, 7) is 0. The first-order valence-electron chi connectivity index (χ1n) is 16.2. The van der Waals surface area contributed by atoms with Gasteiger partial charge < -0.3 is 15.0 Å². The van der Waals surface area contributed by atoms with Crippen molar-refractivity contribution in [1.82, 2.24) is 15.0 Å². The average Bonchev–Trinajstić information content (AvgIpc) is 3.98. The van der Waals surface area contributed by atoms with Crippen LogP contribution in [0.2, 0.25) is 0 Å². The zero-order valence-corrected chi connectivity index (χ0v) is 27.6. The van der Waals surface area contributed by atoms with E-state index in [0.29, 0.717) is 0 Å². The van der Waals surface area contributed by atoms with Crippen LogP contribution >= 0.6 is 0 Å². The smallest absolute Gasteiger partial charge is 0.660 e. The third-order valence-corrected chi connectivity index (χ3v) is 9.12. The minimum Gasteiger partial charge on any atom is -0.660 e. The molecule has 0 fully saturated rings. The fraction of sp³-hybridized carbons (Fsp3) is 0.0227. The molecule has 0 saturated carbocycles. The van der Waals surface area contributed by atoms with Crippen LogP contribution in [-0.4, -0.2) is 10.7 Å². The molecule has 5 heterocycles. The zero-order valence-electron chi connectivity index (χ0n) is 26.5. The predicted octanol–water partition coefficient (Wildman–Crippen LogP) is 7.34. The van der Waals surface area contributed by atoms with E-state index in [1.54, 1.807) is 0 Å². The van der Waals surface area contributed by atoms with E-state index < -0.39 is 0 Å². The second-order valence-corrected chi connectivity index (χ2v) is 12.1. The molecule has 7 aromatic rings. The van der Waals surface area contributed by atoms with Crippen molar-refractivity contribution in [3.05, 3.63) is 231 Å². The molecule has 1 radical (unpaired) electrons. The van der Waals surface area contributed by atoms with Gasteiger partial charge in [-0.15, -0.1) is 22.8 Å². The molecule has 49 heavy (non-hydrogen) atoms. The van der Waals surface area contributed by atoms with Crippen molar-refractivity contribution in [2.45, 2.75) is 5.92 Å². The Morgan fingerprint density at radius 1 is 0.449 bits per heavy atom. The van der Waals surface area contributed by atoms with E-state index in [1.807, 2.05) is 18.2 Å². The van der Waals surface area contributed by atoms with E-state index in [4.69, 9.17) is 15.0 Å². The first-order chi connectivity index (χ1) is 23.8. The van der Waals surface area contributed by atoms with Crippen molar-refractivity contribution < 1.29 is 17.1 Å². The summed E-state index contributed by atoms with van der Waals surface area (Å²) in [7, 11) is 0. The largest absolute Gasteiger partial charge is 2.00 e. The molecular weight excluding hydrogens is 639 g/mol. The van der Waals surface area contributed by atoms with E-state index in [2.05, 4.69) is 157 Å². The van der Waals surface area contributed by atoms with E-state index in [1.165, 1.54) is 0 Å². The second kappa shape index (κ2) is 13.0. The van der Waals surface area contributed by atoms with Gasteiger partial charge in [0.15, 0.2) is 0 Å². The van der Waals surface area contributed by atoms with Gasteiger partial charge in [-0.25, -0.2) is 4.99 Å². The first kappa shape index (κ1) is 30.5. The molecule has 5 heteroatoms. The summed E-state index contributed by atoms with van der Waals surface area (Å²) in [6.07, 6.45) is 4.25. The van der Waals surface area contributed by atoms with E-state index in [-0.39, 0.29) is 23.0 Å². The zero-order chi connectivity index (χ0) is 31.9. The molecule has 0 aliphatic carbocycles. The number of rotatable bonds is 4. The molecule has 2 aliphatic rings. The summed E-state index contributed by atoms with van der Waals surface area (Å²) in [6, 6.07) is 54.9. The van der Waals surface area contributed by atoms with Gasteiger partial charge in [-0.05, 0) is 63.6 Å². The van der Waals surface area contributed by atoms with Crippen LogP contribution in [0.15, 0.2) is 181 Å². The van der Waals surface area contributed by atoms with Crippen LogP contribution in [0.5, 0.6) is 0 Å². The molecular formula is C44H30MnN4. The number of aromatic nitrogens is 3. The number of H-pyrrole nitrogens is 1. The van der Waals surface area contributed by atoms with Crippen molar-refractivity contribution in [2.24, 2.45) is 4.99 Å². The molecule has 1 atom stereocenters. The van der Waals surface area contributed by atoms with Crippen LogP contribution in [0.4, 0.5) is 0 Å². The maximum atomic E-state index is 5.37. The molecule has 2 aliphatic heterocycles. The molecule has 0 saturated heterocycles. The summed E-state index contributed by atoms with van der Waals surface area (Å²) < 4.78 is 0. The van der Waals surface area contributed by atoms with Gasteiger partial charge in [0, 0.05) is 16.3 Å². The van der Waals surface area contributed by atoms with Crippen molar-refractivity contribution in [2.75, 3.05) is 0 Å². The Kier molecular flexibility index (Phi) is 8.06. The number of fused-ring (bicyclic) bond motifs is 7. The topological polar surface area (TPSA) is 56.4 Å². The van der Waals surface area contributed by atoms with Crippen LogP contribution in [-0.2, 0) is 17.1 Å². The quantitative estimate of drug-likeness (QED) is 0.200. The molecule has 3 aromatic heterocycles. The standard InChI is InChI=1S/C44H30N4.Mn/c1-5-13-29(14-6-1)41-33-21-23-35(45-33)42(30-15-7-2-8-16-30)37-25-27-39(47-37)44(32-19-11-4-12-20-32)40-28-26-38(48-40)43(31-17-9-3-10-18-31)36-24-22-34(41)46-36;/h1-28,41,47H;/q-2;+2. The van der Waals surface area contributed by atoms with Gasteiger partial charge in [-0.2, -0.15) is 0 Å². The van der Waals surface area contributed by atoms with Crippen LogP contribution in [0.1, 0.15) is 50.9 Å². The SMILES string of the molecule is C1=CC2=C(c3ccccc3)c3ccc([n-]3)C(c3ccccc3)c3ccc([n-]3)C(c3ccccc3)=c3ccc([nH]3)=C(c3ccccc3)C1=N2.[Mn+2]. The minimum absolute atomic E-state index is 0. The molecule has 1 unspecified atom stereocenters. The Balaban J connectivity index is 0.00000348. The number of aromatic amines is 1. The van der Waals surface area contributed by atoms with Gasteiger partial charge in [0.1, 0.15) is 0 Å². The number of allylic oxidation sites excluding steroid dienone is 2. The minimum atomic E-state index is -0.143. The van der Waals surface area contributed by atoms with Gasteiger partial charge >= 0.3 is 17.1 Å². The third-order valence-electron chi connectivity index (χ3n) is 9.12. The summed E-state index contributed by atoms with van der Waals surface area (Å²) in [5.41, 5.74) is 13.0. The summed E-state index contributed by atoms with van der Waals surface area (Å²) >= 11 is 0. The third kappa shape index (κ3) is 5.59. The monoisotopic (exact) mass is 669 g/mol. The van der Waals surface area contributed by atoms with Crippen LogP contribution in [0.3, 0.4) is 0 Å². The Bertz CT molecular complexity index is 2480. The van der Waals surface area contributed by atoms with E-state index in [0.717, 1.165) is 83.9 Å². The molecule has 0 spiro atoms. The van der Waals surface area contributed by atoms with Crippen molar-refractivity contribution >= 4 is 22.4 Å². The number of hydrogen-bond donors (Lipinski definition) is 1. The maximum absolute atomic E-state index is 5.37. The number of nitrogens with one attached hydrogen (secondary N) is 1. The van der Waals surface area contributed by atoms with Gasteiger partial charge in [-0.3, -0.25) is 0 Å².